The summed E-state index contributed by atoms with van der Waals surface area (Å²) >= 11 is 0. The highest BCUT2D eigenvalue weighted by atomic mass is 31.0. The van der Waals surface area contributed by atoms with Gasteiger partial charge >= 0.3 is 0 Å². The molecule has 50 valence electrons. The lowest BCUT2D eigenvalue weighted by molar-refractivity contribution is 0.428. The van der Waals surface area contributed by atoms with Crippen LogP contribution >= 0.6 is 9.24 Å². The van der Waals surface area contributed by atoms with Crippen LogP contribution in [-0.4, -0.2) is 5.16 Å². The Labute approximate surface area is 60.4 Å². The lowest BCUT2D eigenvalue weighted by Gasteiger charge is -1.88. The van der Waals surface area contributed by atoms with Crippen LogP contribution < -0.4 is 5.30 Å². The van der Waals surface area contributed by atoms with E-state index in [-0.39, 0.29) is 0 Å². The van der Waals surface area contributed by atoms with Crippen molar-refractivity contribution < 1.29 is 4.52 Å². The molecule has 0 aliphatic rings. The number of benzene rings is 1. The summed E-state index contributed by atoms with van der Waals surface area (Å²) < 4.78 is 4.78. The van der Waals surface area contributed by atoms with Crippen LogP contribution in [0.5, 0.6) is 0 Å². The predicted molar refractivity (Wildman–Crippen MR) is 43.4 cm³/mol. The highest BCUT2D eigenvalue weighted by Gasteiger charge is 1.98. The van der Waals surface area contributed by atoms with E-state index in [0.717, 1.165) is 16.2 Å². The second-order valence-electron chi connectivity index (χ2n) is 2.10. The van der Waals surface area contributed by atoms with Crippen molar-refractivity contribution in [2.75, 3.05) is 0 Å². The van der Waals surface area contributed by atoms with Gasteiger partial charge in [0.15, 0.2) is 0 Å². The summed E-state index contributed by atoms with van der Waals surface area (Å²) in [7, 11) is 2.61. The Morgan fingerprint density at radius 1 is 1.40 bits per heavy atom. The topological polar surface area (TPSA) is 26.0 Å². The summed E-state index contributed by atoms with van der Waals surface area (Å²) in [6.07, 6.45) is 1.64. The molecule has 3 heteroatoms. The van der Waals surface area contributed by atoms with Crippen molar-refractivity contribution in [3.63, 3.8) is 0 Å². The van der Waals surface area contributed by atoms with E-state index in [1.165, 1.54) is 0 Å². The maximum absolute atomic E-state index is 4.78. The summed E-state index contributed by atoms with van der Waals surface area (Å²) in [5.41, 5.74) is 0.924. The monoisotopic (exact) mass is 151 g/mol. The maximum Gasteiger partial charge on any atom is 0.131 e. The van der Waals surface area contributed by atoms with E-state index in [1.54, 1.807) is 6.26 Å². The van der Waals surface area contributed by atoms with E-state index < -0.39 is 0 Å². The quantitative estimate of drug-likeness (QED) is 0.531. The van der Waals surface area contributed by atoms with Gasteiger partial charge in [-0.2, -0.15) is 0 Å². The SMILES string of the molecule is Pc1cccc2conc12. The minimum Gasteiger partial charge on any atom is -0.363 e. The fraction of sp³-hybridized carbons (Fsp3) is 0. The van der Waals surface area contributed by atoms with Crippen LogP contribution in [0.3, 0.4) is 0 Å². The largest absolute Gasteiger partial charge is 0.363 e. The fourth-order valence-electron chi connectivity index (χ4n) is 0.916. The van der Waals surface area contributed by atoms with E-state index in [0.29, 0.717) is 0 Å². The molecule has 0 aliphatic heterocycles. The number of hydrogen-bond donors (Lipinski definition) is 0. The highest BCUT2D eigenvalue weighted by Crippen LogP contribution is 2.10. The van der Waals surface area contributed by atoms with Gasteiger partial charge in [0.1, 0.15) is 11.8 Å². The van der Waals surface area contributed by atoms with Gasteiger partial charge in [-0.25, -0.2) is 0 Å². The van der Waals surface area contributed by atoms with Gasteiger partial charge in [-0.05, 0) is 11.4 Å². The number of rotatable bonds is 0. The Morgan fingerprint density at radius 3 is 3.10 bits per heavy atom. The molecule has 1 aromatic heterocycles. The van der Waals surface area contributed by atoms with E-state index in [4.69, 9.17) is 4.52 Å². The molecule has 0 N–H and O–H groups in total. The molecular formula is C7H6NOP. The Hall–Kier alpha value is -0.880. The molecule has 0 saturated heterocycles. The van der Waals surface area contributed by atoms with E-state index in [1.807, 2.05) is 18.2 Å². The molecule has 0 aliphatic carbocycles. The van der Waals surface area contributed by atoms with Crippen molar-refractivity contribution in [3.8, 4) is 0 Å². The molecule has 2 nitrogen and oxygen atoms in total. The second kappa shape index (κ2) is 2.06. The number of hydrogen-bond acceptors (Lipinski definition) is 2. The zero-order valence-electron chi connectivity index (χ0n) is 5.24. The standard InChI is InChI=1S/C7H6NOP/c10-6-3-1-2-5-4-9-8-7(5)6/h1-4H,10H2. The molecule has 0 amide bonds. The molecule has 1 heterocycles. The van der Waals surface area contributed by atoms with Crippen LogP contribution in [0.25, 0.3) is 10.9 Å². The molecule has 0 bridgehead atoms. The van der Waals surface area contributed by atoms with Crippen LogP contribution in [0.1, 0.15) is 0 Å². The second-order valence-corrected chi connectivity index (χ2v) is 2.72. The van der Waals surface area contributed by atoms with Crippen LogP contribution in [0.2, 0.25) is 0 Å². The van der Waals surface area contributed by atoms with Crippen molar-refractivity contribution >= 4 is 25.4 Å². The first-order valence-electron chi connectivity index (χ1n) is 2.96. The first-order chi connectivity index (χ1) is 4.88. The van der Waals surface area contributed by atoms with Gasteiger partial charge in [0.05, 0.1) is 0 Å². The molecule has 1 aromatic carbocycles. The van der Waals surface area contributed by atoms with Crippen molar-refractivity contribution in [2.24, 2.45) is 0 Å². The van der Waals surface area contributed by atoms with Crippen LogP contribution in [0.4, 0.5) is 0 Å². The molecule has 0 fully saturated rings. The van der Waals surface area contributed by atoms with Crippen molar-refractivity contribution in [3.05, 3.63) is 24.5 Å². The van der Waals surface area contributed by atoms with E-state index in [2.05, 4.69) is 14.4 Å². The molecule has 0 radical (unpaired) electrons. The van der Waals surface area contributed by atoms with Crippen LogP contribution in [0.15, 0.2) is 29.0 Å². The normalized spacial score (nSPS) is 10.5. The number of aromatic nitrogens is 1. The van der Waals surface area contributed by atoms with Gasteiger partial charge in [0, 0.05) is 5.39 Å². The number of fused-ring (bicyclic) bond motifs is 1. The minimum absolute atomic E-state index is 0.924. The summed E-state index contributed by atoms with van der Waals surface area (Å²) in [4.78, 5) is 0. The summed E-state index contributed by atoms with van der Waals surface area (Å²) in [6, 6.07) is 5.93. The smallest absolute Gasteiger partial charge is 0.131 e. The fourth-order valence-corrected chi connectivity index (χ4v) is 1.25. The third-order valence-electron chi connectivity index (χ3n) is 1.42. The van der Waals surface area contributed by atoms with Crippen molar-refractivity contribution in [1.82, 2.24) is 5.16 Å². The first-order valence-corrected chi connectivity index (χ1v) is 3.54. The third kappa shape index (κ3) is 0.729. The maximum atomic E-state index is 4.78. The molecule has 10 heavy (non-hydrogen) atoms. The molecule has 2 aromatic rings. The van der Waals surface area contributed by atoms with E-state index >= 15 is 0 Å². The van der Waals surface area contributed by atoms with E-state index in [9.17, 15) is 0 Å². The molecular weight excluding hydrogens is 145 g/mol. The van der Waals surface area contributed by atoms with Gasteiger partial charge in [0.2, 0.25) is 0 Å². The van der Waals surface area contributed by atoms with Gasteiger partial charge < -0.3 is 4.52 Å². The highest BCUT2D eigenvalue weighted by molar-refractivity contribution is 7.28. The zero-order valence-corrected chi connectivity index (χ0v) is 6.40. The lowest BCUT2D eigenvalue weighted by atomic mass is 10.3. The Balaban J connectivity index is 2.95. The van der Waals surface area contributed by atoms with Gasteiger partial charge in [-0.1, -0.05) is 17.3 Å². The van der Waals surface area contributed by atoms with Gasteiger partial charge in [-0.15, -0.1) is 9.24 Å². The predicted octanol–water partition coefficient (Wildman–Crippen LogP) is 1.33. The van der Waals surface area contributed by atoms with Crippen LogP contribution in [0, 0.1) is 0 Å². The molecule has 1 unspecified atom stereocenters. The Bertz CT molecular complexity index is 355. The summed E-state index contributed by atoms with van der Waals surface area (Å²) in [6.45, 7) is 0. The summed E-state index contributed by atoms with van der Waals surface area (Å²) in [5, 5.41) is 5.95. The van der Waals surface area contributed by atoms with Gasteiger partial charge in [0.25, 0.3) is 0 Å². The average Bonchev–Trinajstić information content (AvgIpc) is 2.36. The molecule has 2 rings (SSSR count). The molecule has 1 atom stereocenters. The van der Waals surface area contributed by atoms with Crippen molar-refractivity contribution in [2.45, 2.75) is 0 Å². The van der Waals surface area contributed by atoms with Crippen LogP contribution in [-0.2, 0) is 0 Å². The Kier molecular flexibility index (Phi) is 1.21. The number of nitrogens with zero attached hydrogens (tertiary/aromatic N) is 1. The average molecular weight is 151 g/mol. The zero-order chi connectivity index (χ0) is 6.97. The minimum atomic E-state index is 0.924. The lowest BCUT2D eigenvalue weighted by Crippen LogP contribution is -1.89. The molecule has 0 spiro atoms. The third-order valence-corrected chi connectivity index (χ3v) is 1.89. The van der Waals surface area contributed by atoms with Gasteiger partial charge in [-0.3, -0.25) is 0 Å². The Morgan fingerprint density at radius 2 is 2.30 bits per heavy atom. The van der Waals surface area contributed by atoms with Crippen molar-refractivity contribution in [1.29, 1.82) is 0 Å². The first kappa shape index (κ1) is 5.87. The molecule has 0 saturated carbocycles. The summed E-state index contributed by atoms with van der Waals surface area (Å²) in [5.74, 6) is 0.